The maximum atomic E-state index is 11.2. The molecular weight excluding hydrogens is 190 g/mol. The quantitative estimate of drug-likeness (QED) is 0.624. The van der Waals surface area contributed by atoms with E-state index in [-0.39, 0.29) is 0 Å². The fourth-order valence-corrected chi connectivity index (χ4v) is 2.22. The lowest BCUT2D eigenvalue weighted by molar-refractivity contribution is 0.344. The maximum Gasteiger partial charge on any atom is 0.211 e. The van der Waals surface area contributed by atoms with E-state index in [1.165, 1.54) is 10.6 Å². The Morgan fingerprint density at radius 2 is 2.23 bits per heavy atom. The van der Waals surface area contributed by atoms with E-state index in [0.717, 1.165) is 5.69 Å². The first-order valence-electron chi connectivity index (χ1n) is 4.01. The van der Waals surface area contributed by atoms with Crippen molar-refractivity contribution in [1.29, 1.82) is 0 Å². The van der Waals surface area contributed by atoms with Crippen molar-refractivity contribution >= 4 is 10.0 Å². The minimum atomic E-state index is -3.05. The molecule has 1 aromatic rings. The Morgan fingerprint density at radius 1 is 1.46 bits per heavy atom. The summed E-state index contributed by atoms with van der Waals surface area (Å²) >= 11 is 0. The highest BCUT2D eigenvalue weighted by Gasteiger charge is 2.22. The predicted molar refractivity (Wildman–Crippen MR) is 47.5 cm³/mol. The average molecular weight is 201 g/mol. The molecule has 0 aromatic carbocycles. The summed E-state index contributed by atoms with van der Waals surface area (Å²) in [5, 5.41) is 0. The molecule has 0 radical (unpaired) electrons. The highest BCUT2D eigenvalue weighted by molar-refractivity contribution is 7.88. The lowest BCUT2D eigenvalue weighted by Gasteiger charge is -2.25. The van der Waals surface area contributed by atoms with E-state index in [0.29, 0.717) is 19.6 Å². The first kappa shape index (κ1) is 8.71. The van der Waals surface area contributed by atoms with Crippen LogP contribution in [0, 0.1) is 0 Å². The van der Waals surface area contributed by atoms with Gasteiger partial charge in [-0.3, -0.25) is 0 Å². The summed E-state index contributed by atoms with van der Waals surface area (Å²) in [6, 6.07) is 0. The van der Waals surface area contributed by atoms with Gasteiger partial charge in [0.15, 0.2) is 0 Å². The van der Waals surface area contributed by atoms with E-state index in [9.17, 15) is 8.42 Å². The number of imidazole rings is 1. The summed E-state index contributed by atoms with van der Waals surface area (Å²) in [6.45, 7) is 1.68. The van der Waals surface area contributed by atoms with Gasteiger partial charge in [-0.25, -0.2) is 13.4 Å². The van der Waals surface area contributed by atoms with Crippen LogP contribution in [0.4, 0.5) is 0 Å². The van der Waals surface area contributed by atoms with Crippen LogP contribution in [-0.4, -0.2) is 35.1 Å². The molecule has 2 rings (SSSR count). The number of sulfonamides is 1. The van der Waals surface area contributed by atoms with Gasteiger partial charge in [0.1, 0.15) is 0 Å². The number of aromatic nitrogens is 2. The zero-order chi connectivity index (χ0) is 9.47. The minimum absolute atomic E-state index is 0.443. The first-order chi connectivity index (χ1) is 6.07. The van der Waals surface area contributed by atoms with Crippen LogP contribution >= 0.6 is 0 Å². The molecule has 13 heavy (non-hydrogen) atoms. The molecule has 0 atom stereocenters. The average Bonchev–Trinajstić information content (AvgIpc) is 2.47. The Bertz CT molecular complexity index is 409. The predicted octanol–water partition coefficient (Wildman–Crippen LogP) is -0.342. The molecule has 1 aromatic heterocycles. The van der Waals surface area contributed by atoms with Gasteiger partial charge in [-0.15, -0.1) is 0 Å². The topological polar surface area (TPSA) is 55.2 Å². The summed E-state index contributed by atoms with van der Waals surface area (Å²) < 4.78 is 25.9. The maximum absolute atomic E-state index is 11.2. The molecule has 1 aliphatic heterocycles. The minimum Gasteiger partial charge on any atom is -0.332 e. The second-order valence-corrected chi connectivity index (χ2v) is 5.16. The number of nitrogens with zero attached hydrogens (tertiary/aromatic N) is 3. The van der Waals surface area contributed by atoms with Gasteiger partial charge in [0.25, 0.3) is 0 Å². The van der Waals surface area contributed by atoms with Crippen LogP contribution in [0.3, 0.4) is 0 Å². The highest BCUT2D eigenvalue weighted by Crippen LogP contribution is 2.13. The van der Waals surface area contributed by atoms with Crippen molar-refractivity contribution in [2.75, 3.05) is 12.8 Å². The van der Waals surface area contributed by atoms with Gasteiger partial charge >= 0.3 is 0 Å². The second-order valence-electron chi connectivity index (χ2n) is 3.17. The van der Waals surface area contributed by atoms with Crippen LogP contribution in [0.1, 0.15) is 5.69 Å². The zero-order valence-electron chi connectivity index (χ0n) is 7.34. The third-order valence-electron chi connectivity index (χ3n) is 2.20. The van der Waals surface area contributed by atoms with E-state index in [2.05, 4.69) is 4.98 Å². The van der Waals surface area contributed by atoms with Crippen LogP contribution in [0.5, 0.6) is 0 Å². The molecule has 6 heteroatoms. The summed E-state index contributed by atoms with van der Waals surface area (Å²) in [4.78, 5) is 3.96. The third kappa shape index (κ3) is 1.59. The molecule has 0 amide bonds. The van der Waals surface area contributed by atoms with Gasteiger partial charge < -0.3 is 4.57 Å². The van der Waals surface area contributed by atoms with Crippen molar-refractivity contribution in [3.05, 3.63) is 18.2 Å². The van der Waals surface area contributed by atoms with E-state index in [1.54, 1.807) is 12.5 Å². The normalized spacial score (nSPS) is 18.5. The molecule has 72 valence electrons. The van der Waals surface area contributed by atoms with Gasteiger partial charge in [-0.2, -0.15) is 4.31 Å². The van der Waals surface area contributed by atoms with Crippen molar-refractivity contribution in [1.82, 2.24) is 13.9 Å². The van der Waals surface area contributed by atoms with Gasteiger partial charge in [-0.1, -0.05) is 0 Å². The van der Waals surface area contributed by atoms with Gasteiger partial charge in [0, 0.05) is 19.3 Å². The monoisotopic (exact) mass is 201 g/mol. The Kier molecular flexibility index (Phi) is 1.88. The molecule has 0 N–H and O–H groups in total. The Labute approximate surface area is 77.0 Å². The lowest BCUT2D eigenvalue weighted by Crippen LogP contribution is -2.37. The largest absolute Gasteiger partial charge is 0.332 e. The molecule has 1 aliphatic rings. The molecule has 0 unspecified atom stereocenters. The number of hydrogen-bond donors (Lipinski definition) is 0. The molecule has 0 fully saturated rings. The van der Waals surface area contributed by atoms with Crippen molar-refractivity contribution in [2.24, 2.45) is 0 Å². The fraction of sp³-hybridized carbons (Fsp3) is 0.571. The van der Waals surface area contributed by atoms with Crippen LogP contribution in [-0.2, 0) is 23.1 Å². The summed E-state index contributed by atoms with van der Waals surface area (Å²) in [7, 11) is -3.05. The molecular formula is C7H11N3O2S. The Hall–Kier alpha value is -0.880. The molecule has 2 heterocycles. The molecule has 5 nitrogen and oxygen atoms in total. The van der Waals surface area contributed by atoms with Gasteiger partial charge in [0.05, 0.1) is 24.8 Å². The lowest BCUT2D eigenvalue weighted by atomic mass is 10.4. The van der Waals surface area contributed by atoms with E-state index in [1.807, 2.05) is 4.57 Å². The van der Waals surface area contributed by atoms with Crippen molar-refractivity contribution < 1.29 is 8.42 Å². The number of hydrogen-bond acceptors (Lipinski definition) is 3. The third-order valence-corrected chi connectivity index (χ3v) is 3.45. The summed E-state index contributed by atoms with van der Waals surface area (Å²) in [6.07, 6.45) is 4.67. The Morgan fingerprint density at radius 3 is 2.92 bits per heavy atom. The smallest absolute Gasteiger partial charge is 0.211 e. The van der Waals surface area contributed by atoms with Crippen molar-refractivity contribution in [2.45, 2.75) is 13.1 Å². The first-order valence-corrected chi connectivity index (χ1v) is 5.86. The van der Waals surface area contributed by atoms with Crippen LogP contribution in [0.15, 0.2) is 12.5 Å². The fourth-order valence-electron chi connectivity index (χ4n) is 1.44. The summed E-state index contributed by atoms with van der Waals surface area (Å²) in [5.74, 6) is 0. The van der Waals surface area contributed by atoms with Gasteiger partial charge in [-0.05, 0) is 0 Å². The van der Waals surface area contributed by atoms with E-state index in [4.69, 9.17) is 0 Å². The molecule has 0 saturated carbocycles. The molecule has 0 saturated heterocycles. The molecule has 0 spiro atoms. The molecule has 0 aliphatic carbocycles. The van der Waals surface area contributed by atoms with Crippen LogP contribution in [0.25, 0.3) is 0 Å². The van der Waals surface area contributed by atoms with E-state index >= 15 is 0 Å². The standard InChI is InChI=1S/C7H11N3O2S/c1-13(11,12)10-3-2-9-6-8-4-7(9)5-10/h4,6H,2-3,5H2,1H3. The highest BCUT2D eigenvalue weighted by atomic mass is 32.2. The SMILES string of the molecule is CS(=O)(=O)N1CCn2cncc2C1. The van der Waals surface area contributed by atoms with Crippen molar-refractivity contribution in [3.63, 3.8) is 0 Å². The number of fused-ring (bicyclic) bond motifs is 1. The Balaban J connectivity index is 2.27. The summed E-state index contributed by atoms with van der Waals surface area (Å²) in [5.41, 5.74) is 0.955. The zero-order valence-corrected chi connectivity index (χ0v) is 8.16. The van der Waals surface area contributed by atoms with Crippen LogP contribution in [0.2, 0.25) is 0 Å². The van der Waals surface area contributed by atoms with Crippen molar-refractivity contribution in [3.8, 4) is 0 Å². The van der Waals surface area contributed by atoms with Gasteiger partial charge in [0.2, 0.25) is 10.0 Å². The van der Waals surface area contributed by atoms with Crippen LogP contribution < -0.4 is 0 Å². The second kappa shape index (κ2) is 2.81. The van der Waals surface area contributed by atoms with E-state index < -0.39 is 10.0 Å². The number of rotatable bonds is 1. The molecule has 0 bridgehead atoms.